The Labute approximate surface area is 76.1 Å². The summed E-state index contributed by atoms with van der Waals surface area (Å²) in [6.07, 6.45) is 5.08. The maximum absolute atomic E-state index is 8.70. The second-order valence-electron chi connectivity index (χ2n) is 2.35. The van der Waals surface area contributed by atoms with Gasteiger partial charge in [0.25, 0.3) is 0 Å². The van der Waals surface area contributed by atoms with Crippen molar-refractivity contribution >= 4 is 5.69 Å². The Morgan fingerprint density at radius 1 is 1.23 bits per heavy atom. The highest BCUT2D eigenvalue weighted by Crippen LogP contribution is 2.09. The molecule has 0 fully saturated rings. The molecule has 4 nitrogen and oxygen atoms in total. The number of H-pyrrole nitrogens is 1. The van der Waals surface area contributed by atoms with Gasteiger partial charge in [-0.3, -0.25) is 0 Å². The summed E-state index contributed by atoms with van der Waals surface area (Å²) in [4.78, 5) is 6.42. The molecule has 0 aliphatic heterocycles. The number of imidazole rings is 1. The van der Waals surface area contributed by atoms with Crippen molar-refractivity contribution in [3.8, 4) is 5.75 Å². The molecule has 0 radical (unpaired) electrons. The highest BCUT2D eigenvalue weighted by atomic mass is 16.3. The molecule has 0 saturated heterocycles. The highest BCUT2D eigenvalue weighted by molar-refractivity contribution is 5.40. The summed E-state index contributed by atoms with van der Waals surface area (Å²) < 4.78 is 0. The van der Waals surface area contributed by atoms with Crippen molar-refractivity contribution in [1.29, 1.82) is 0 Å². The third kappa shape index (κ3) is 3.81. The van der Waals surface area contributed by atoms with Crippen LogP contribution in [-0.2, 0) is 0 Å². The summed E-state index contributed by atoms with van der Waals surface area (Å²) in [5.41, 5.74) is 5.98. The summed E-state index contributed by atoms with van der Waals surface area (Å²) in [5.74, 6) is 0.249. The number of aromatic hydroxyl groups is 1. The molecule has 1 heterocycles. The van der Waals surface area contributed by atoms with Crippen LogP contribution in [0.15, 0.2) is 43.0 Å². The molecule has 0 aliphatic rings. The van der Waals surface area contributed by atoms with E-state index in [2.05, 4.69) is 9.97 Å². The monoisotopic (exact) mass is 177 g/mol. The average molecular weight is 177 g/mol. The molecule has 0 aliphatic carbocycles. The lowest BCUT2D eigenvalue weighted by Gasteiger charge is -1.89. The Hall–Kier alpha value is -1.97. The quantitative estimate of drug-likeness (QED) is 0.420. The number of rotatable bonds is 0. The van der Waals surface area contributed by atoms with Crippen LogP contribution in [0.3, 0.4) is 0 Å². The molecule has 2 rings (SSSR count). The Bertz CT molecular complexity index is 277. The number of phenolic OH excluding ortho intramolecular Hbond substituents is 1. The summed E-state index contributed by atoms with van der Waals surface area (Å²) in [6.45, 7) is 0. The van der Waals surface area contributed by atoms with E-state index in [0.717, 1.165) is 0 Å². The second-order valence-corrected chi connectivity index (χ2v) is 2.35. The van der Waals surface area contributed by atoms with Crippen molar-refractivity contribution in [1.82, 2.24) is 9.97 Å². The van der Waals surface area contributed by atoms with Gasteiger partial charge < -0.3 is 15.8 Å². The smallest absolute Gasteiger partial charge is 0.115 e. The van der Waals surface area contributed by atoms with Crippen LogP contribution >= 0.6 is 0 Å². The number of phenols is 1. The Morgan fingerprint density at radius 3 is 2.23 bits per heavy atom. The van der Waals surface area contributed by atoms with Gasteiger partial charge in [-0.25, -0.2) is 4.98 Å². The zero-order valence-electron chi connectivity index (χ0n) is 7.01. The first-order valence-corrected chi connectivity index (χ1v) is 3.76. The Morgan fingerprint density at radius 2 is 1.92 bits per heavy atom. The molecule has 4 heteroatoms. The molecular weight excluding hydrogens is 166 g/mol. The van der Waals surface area contributed by atoms with Gasteiger partial charge in [0.1, 0.15) is 5.75 Å². The molecule has 13 heavy (non-hydrogen) atoms. The lowest BCUT2D eigenvalue weighted by Crippen LogP contribution is -1.80. The van der Waals surface area contributed by atoms with Crippen molar-refractivity contribution in [3.05, 3.63) is 43.0 Å². The zero-order valence-corrected chi connectivity index (χ0v) is 7.01. The average Bonchev–Trinajstić information content (AvgIpc) is 2.68. The molecule has 4 N–H and O–H groups in total. The van der Waals surface area contributed by atoms with Crippen molar-refractivity contribution < 1.29 is 5.11 Å². The number of nitrogen functional groups attached to an aromatic ring is 1. The van der Waals surface area contributed by atoms with Crippen LogP contribution in [0, 0.1) is 0 Å². The summed E-state index contributed by atoms with van der Waals surface area (Å²) in [7, 11) is 0. The van der Waals surface area contributed by atoms with Gasteiger partial charge in [-0.2, -0.15) is 0 Å². The maximum Gasteiger partial charge on any atom is 0.115 e. The van der Waals surface area contributed by atoms with Gasteiger partial charge in [0, 0.05) is 18.1 Å². The van der Waals surface area contributed by atoms with Gasteiger partial charge in [0.15, 0.2) is 0 Å². The molecule has 0 unspecified atom stereocenters. The predicted octanol–water partition coefficient (Wildman–Crippen LogP) is 1.38. The van der Waals surface area contributed by atoms with Crippen molar-refractivity contribution in [2.75, 3.05) is 5.73 Å². The summed E-state index contributed by atoms with van der Waals surface area (Å²) >= 11 is 0. The molecule has 1 aromatic heterocycles. The topological polar surface area (TPSA) is 74.9 Å². The van der Waals surface area contributed by atoms with E-state index >= 15 is 0 Å². The van der Waals surface area contributed by atoms with Gasteiger partial charge in [0.2, 0.25) is 0 Å². The number of hydrogen-bond donors (Lipinski definition) is 3. The first-order valence-electron chi connectivity index (χ1n) is 3.76. The number of benzene rings is 1. The zero-order chi connectivity index (χ0) is 9.52. The van der Waals surface area contributed by atoms with E-state index in [1.165, 1.54) is 0 Å². The fraction of sp³-hybridized carbons (Fsp3) is 0. The Kier molecular flexibility index (Phi) is 3.38. The number of nitrogens with zero attached hydrogens (tertiary/aromatic N) is 1. The molecule has 68 valence electrons. The number of aromatic amines is 1. The molecule has 2 aromatic rings. The van der Waals surface area contributed by atoms with Crippen molar-refractivity contribution in [2.45, 2.75) is 0 Å². The van der Waals surface area contributed by atoms with Crippen LogP contribution in [0.5, 0.6) is 5.75 Å². The molecule has 0 amide bonds. The van der Waals surface area contributed by atoms with Crippen LogP contribution in [0.1, 0.15) is 0 Å². The first-order chi connectivity index (χ1) is 6.29. The number of hydrogen-bond acceptors (Lipinski definition) is 3. The number of nitrogens with two attached hydrogens (primary N) is 1. The van der Waals surface area contributed by atoms with Crippen molar-refractivity contribution in [3.63, 3.8) is 0 Å². The van der Waals surface area contributed by atoms with E-state index in [1.54, 1.807) is 43.0 Å². The van der Waals surface area contributed by atoms with E-state index in [1.807, 2.05) is 0 Å². The minimum absolute atomic E-state index is 0.249. The summed E-state index contributed by atoms with van der Waals surface area (Å²) in [6, 6.07) is 6.40. The number of anilines is 1. The number of nitrogens with one attached hydrogen (secondary N) is 1. The van der Waals surface area contributed by atoms with Crippen molar-refractivity contribution in [2.24, 2.45) is 0 Å². The lowest BCUT2D eigenvalue weighted by atomic mass is 10.3. The van der Waals surface area contributed by atoms with E-state index in [9.17, 15) is 0 Å². The third-order valence-corrected chi connectivity index (χ3v) is 1.30. The predicted molar refractivity (Wildman–Crippen MR) is 51.1 cm³/mol. The SMILES string of the molecule is Nc1ccc(O)cc1.c1c[nH]cn1. The fourth-order valence-electron chi connectivity index (χ4n) is 0.689. The van der Waals surface area contributed by atoms with Gasteiger partial charge >= 0.3 is 0 Å². The van der Waals surface area contributed by atoms with Crippen LogP contribution in [0.2, 0.25) is 0 Å². The third-order valence-electron chi connectivity index (χ3n) is 1.30. The molecule has 0 bridgehead atoms. The molecule has 0 atom stereocenters. The minimum atomic E-state index is 0.249. The fourth-order valence-corrected chi connectivity index (χ4v) is 0.689. The van der Waals surface area contributed by atoms with E-state index in [0.29, 0.717) is 5.69 Å². The standard InChI is InChI=1S/C6H7NO.C3H4N2/c7-5-1-3-6(8)4-2-5;1-2-5-3-4-1/h1-4,8H,7H2;1-3H,(H,4,5). The van der Waals surface area contributed by atoms with E-state index < -0.39 is 0 Å². The molecule has 1 aromatic carbocycles. The molecule has 0 spiro atoms. The van der Waals surface area contributed by atoms with Crippen LogP contribution in [0.25, 0.3) is 0 Å². The minimum Gasteiger partial charge on any atom is -0.508 e. The van der Waals surface area contributed by atoms with Gasteiger partial charge in [-0.05, 0) is 24.3 Å². The number of aromatic nitrogens is 2. The van der Waals surface area contributed by atoms with Gasteiger partial charge in [-0.15, -0.1) is 0 Å². The molecular formula is C9H11N3O. The van der Waals surface area contributed by atoms with Gasteiger partial charge in [0.05, 0.1) is 6.33 Å². The lowest BCUT2D eigenvalue weighted by molar-refractivity contribution is 0.475. The second kappa shape index (κ2) is 4.82. The Balaban J connectivity index is 0.000000145. The van der Waals surface area contributed by atoms with Crippen LogP contribution in [0.4, 0.5) is 5.69 Å². The maximum atomic E-state index is 8.70. The molecule has 0 saturated carbocycles. The largest absolute Gasteiger partial charge is 0.508 e. The van der Waals surface area contributed by atoms with Gasteiger partial charge in [-0.1, -0.05) is 0 Å². The van der Waals surface area contributed by atoms with E-state index in [4.69, 9.17) is 10.8 Å². The normalized spacial score (nSPS) is 8.62. The summed E-state index contributed by atoms with van der Waals surface area (Å²) in [5, 5.41) is 8.70. The van der Waals surface area contributed by atoms with Crippen LogP contribution < -0.4 is 5.73 Å². The van der Waals surface area contributed by atoms with E-state index in [-0.39, 0.29) is 5.75 Å². The van der Waals surface area contributed by atoms with Crippen LogP contribution in [-0.4, -0.2) is 15.1 Å². The highest BCUT2D eigenvalue weighted by Gasteiger charge is 1.82. The first kappa shape index (κ1) is 9.12.